The van der Waals surface area contributed by atoms with Gasteiger partial charge in [0.15, 0.2) is 5.78 Å². The largest absolute Gasteiger partial charge is 0.353 e. The topological polar surface area (TPSA) is 62.3 Å². The van der Waals surface area contributed by atoms with Gasteiger partial charge in [0.25, 0.3) is 0 Å². The van der Waals surface area contributed by atoms with Crippen LogP contribution in [0.2, 0.25) is 0 Å². The van der Waals surface area contributed by atoms with Crippen LogP contribution in [-0.4, -0.2) is 35.8 Å². The van der Waals surface area contributed by atoms with Crippen molar-refractivity contribution in [2.24, 2.45) is 0 Å². The van der Waals surface area contributed by atoms with Crippen LogP contribution in [0.3, 0.4) is 0 Å². The average Bonchev–Trinajstić information content (AvgIpc) is 2.33. The first-order valence-electron chi connectivity index (χ1n) is 5.61. The molecule has 1 saturated heterocycles. The molecule has 5 nitrogen and oxygen atoms in total. The second-order valence-electron chi connectivity index (χ2n) is 4.12. The Labute approximate surface area is 99.8 Å². The Balaban J connectivity index is 2.22. The quantitative estimate of drug-likeness (QED) is 0.760. The normalized spacial score (nSPS) is 20.0. The molecule has 1 aromatic heterocycles. The third-order valence-electron chi connectivity index (χ3n) is 2.95. The monoisotopic (exact) mass is 233 g/mol. The number of anilines is 1. The second-order valence-corrected chi connectivity index (χ2v) is 4.12. The van der Waals surface area contributed by atoms with Gasteiger partial charge in [0.2, 0.25) is 5.91 Å². The standard InChI is InChI=1S/C12H15N3O2/c1-8-12(17)13-5-6-15(8)11-4-3-10(7-14-11)9(2)16/h3-4,7-8H,5-6H2,1-2H3,(H,13,17). The van der Waals surface area contributed by atoms with Gasteiger partial charge in [-0.1, -0.05) is 0 Å². The minimum Gasteiger partial charge on any atom is -0.353 e. The maximum absolute atomic E-state index is 11.5. The fourth-order valence-corrected chi connectivity index (χ4v) is 1.86. The summed E-state index contributed by atoms with van der Waals surface area (Å²) in [5.41, 5.74) is 0.586. The van der Waals surface area contributed by atoms with E-state index in [1.54, 1.807) is 18.3 Å². The van der Waals surface area contributed by atoms with Crippen LogP contribution in [0.15, 0.2) is 18.3 Å². The highest BCUT2D eigenvalue weighted by Crippen LogP contribution is 2.16. The van der Waals surface area contributed by atoms with Gasteiger partial charge in [0.05, 0.1) is 0 Å². The molecule has 2 rings (SSSR count). The minimum atomic E-state index is -0.223. The third-order valence-corrected chi connectivity index (χ3v) is 2.95. The SMILES string of the molecule is CC(=O)c1ccc(N2CCNC(=O)C2C)nc1. The zero-order valence-electron chi connectivity index (χ0n) is 9.93. The third kappa shape index (κ3) is 2.27. The Morgan fingerprint density at radius 3 is 2.88 bits per heavy atom. The molecule has 2 heterocycles. The summed E-state index contributed by atoms with van der Waals surface area (Å²) in [5, 5.41) is 2.80. The number of nitrogens with one attached hydrogen (secondary N) is 1. The van der Waals surface area contributed by atoms with E-state index in [9.17, 15) is 9.59 Å². The first-order valence-corrected chi connectivity index (χ1v) is 5.61. The lowest BCUT2D eigenvalue weighted by Gasteiger charge is -2.33. The van der Waals surface area contributed by atoms with Crippen LogP contribution in [0.1, 0.15) is 24.2 Å². The molecule has 1 atom stereocenters. The van der Waals surface area contributed by atoms with Crippen LogP contribution in [0.5, 0.6) is 0 Å². The molecule has 1 aliphatic heterocycles. The summed E-state index contributed by atoms with van der Waals surface area (Å²) in [6.07, 6.45) is 1.55. The Bertz CT molecular complexity index is 442. The zero-order valence-corrected chi connectivity index (χ0v) is 9.93. The van der Waals surface area contributed by atoms with Gasteiger partial charge < -0.3 is 10.2 Å². The lowest BCUT2D eigenvalue weighted by molar-refractivity contribution is -0.122. The number of pyridine rings is 1. The van der Waals surface area contributed by atoms with E-state index in [-0.39, 0.29) is 17.7 Å². The maximum atomic E-state index is 11.5. The molecule has 0 spiro atoms. The number of hydrogen-bond donors (Lipinski definition) is 1. The number of ketones is 1. The molecule has 1 N–H and O–H groups in total. The van der Waals surface area contributed by atoms with Crippen molar-refractivity contribution in [3.8, 4) is 0 Å². The molecule has 1 fully saturated rings. The molecule has 0 aliphatic carbocycles. The molecule has 5 heteroatoms. The van der Waals surface area contributed by atoms with Crippen molar-refractivity contribution in [2.45, 2.75) is 19.9 Å². The Kier molecular flexibility index (Phi) is 3.08. The van der Waals surface area contributed by atoms with E-state index in [2.05, 4.69) is 10.3 Å². The summed E-state index contributed by atoms with van der Waals surface area (Å²) in [5.74, 6) is 0.736. The molecular weight excluding hydrogens is 218 g/mol. The van der Waals surface area contributed by atoms with Crippen molar-refractivity contribution in [1.29, 1.82) is 0 Å². The first-order chi connectivity index (χ1) is 8.09. The van der Waals surface area contributed by atoms with Crippen LogP contribution in [-0.2, 0) is 4.79 Å². The van der Waals surface area contributed by atoms with Gasteiger partial charge in [-0.05, 0) is 26.0 Å². The predicted molar refractivity (Wildman–Crippen MR) is 64.1 cm³/mol. The highest BCUT2D eigenvalue weighted by molar-refractivity contribution is 5.94. The molecule has 17 heavy (non-hydrogen) atoms. The minimum absolute atomic E-state index is 0.00603. The molecule has 90 valence electrons. The van der Waals surface area contributed by atoms with Crippen molar-refractivity contribution in [1.82, 2.24) is 10.3 Å². The molecular formula is C12H15N3O2. The molecule has 1 amide bonds. The second kappa shape index (κ2) is 4.53. The summed E-state index contributed by atoms with van der Waals surface area (Å²) in [4.78, 5) is 28.8. The van der Waals surface area contributed by atoms with Crippen LogP contribution < -0.4 is 10.2 Å². The van der Waals surface area contributed by atoms with Crippen molar-refractivity contribution in [3.63, 3.8) is 0 Å². The maximum Gasteiger partial charge on any atom is 0.242 e. The van der Waals surface area contributed by atoms with Gasteiger partial charge in [0, 0.05) is 24.8 Å². The summed E-state index contributed by atoms with van der Waals surface area (Å²) < 4.78 is 0. The first kappa shape index (κ1) is 11.6. The van der Waals surface area contributed by atoms with Crippen molar-refractivity contribution in [3.05, 3.63) is 23.9 Å². The van der Waals surface area contributed by atoms with Crippen LogP contribution in [0, 0.1) is 0 Å². The van der Waals surface area contributed by atoms with Crippen molar-refractivity contribution < 1.29 is 9.59 Å². The van der Waals surface area contributed by atoms with E-state index >= 15 is 0 Å². The van der Waals surface area contributed by atoms with E-state index in [1.165, 1.54) is 6.92 Å². The number of aromatic nitrogens is 1. The van der Waals surface area contributed by atoms with Crippen LogP contribution >= 0.6 is 0 Å². The number of carbonyl (C=O) groups excluding carboxylic acids is 2. The van der Waals surface area contributed by atoms with Gasteiger partial charge in [-0.15, -0.1) is 0 Å². The van der Waals surface area contributed by atoms with Gasteiger partial charge >= 0.3 is 0 Å². The summed E-state index contributed by atoms with van der Waals surface area (Å²) in [6, 6.07) is 3.30. The molecule has 0 aromatic carbocycles. The predicted octanol–water partition coefficient (Wildman–Crippen LogP) is 0.609. The van der Waals surface area contributed by atoms with E-state index in [0.717, 1.165) is 12.4 Å². The summed E-state index contributed by atoms with van der Waals surface area (Å²) >= 11 is 0. The molecule has 0 saturated carbocycles. The van der Waals surface area contributed by atoms with Crippen LogP contribution in [0.25, 0.3) is 0 Å². The number of piperazine rings is 1. The number of Topliss-reactive ketones (excluding diaryl/α,β-unsaturated/α-hetero) is 1. The summed E-state index contributed by atoms with van der Waals surface area (Å²) in [7, 11) is 0. The molecule has 1 unspecified atom stereocenters. The van der Waals surface area contributed by atoms with E-state index < -0.39 is 0 Å². The zero-order chi connectivity index (χ0) is 12.4. The van der Waals surface area contributed by atoms with Gasteiger partial charge in [-0.25, -0.2) is 4.98 Å². The smallest absolute Gasteiger partial charge is 0.242 e. The number of carbonyl (C=O) groups is 2. The van der Waals surface area contributed by atoms with Crippen LogP contribution in [0.4, 0.5) is 5.82 Å². The number of amides is 1. The average molecular weight is 233 g/mol. The molecule has 1 aromatic rings. The number of rotatable bonds is 2. The summed E-state index contributed by atoms with van der Waals surface area (Å²) in [6.45, 7) is 4.71. The lowest BCUT2D eigenvalue weighted by Crippen LogP contribution is -2.54. The lowest BCUT2D eigenvalue weighted by atomic mass is 10.2. The molecule has 0 bridgehead atoms. The molecule has 0 radical (unpaired) electrons. The fourth-order valence-electron chi connectivity index (χ4n) is 1.86. The Morgan fingerprint density at radius 1 is 1.53 bits per heavy atom. The molecule has 1 aliphatic rings. The van der Waals surface area contributed by atoms with Gasteiger partial charge in [-0.3, -0.25) is 9.59 Å². The Morgan fingerprint density at radius 2 is 2.29 bits per heavy atom. The number of hydrogen-bond acceptors (Lipinski definition) is 4. The number of nitrogens with zero attached hydrogens (tertiary/aromatic N) is 2. The van der Waals surface area contributed by atoms with Gasteiger partial charge in [0.1, 0.15) is 11.9 Å². The van der Waals surface area contributed by atoms with Gasteiger partial charge in [-0.2, -0.15) is 0 Å². The van der Waals surface area contributed by atoms with E-state index in [0.29, 0.717) is 12.1 Å². The highest BCUT2D eigenvalue weighted by atomic mass is 16.2. The van der Waals surface area contributed by atoms with Crippen molar-refractivity contribution in [2.75, 3.05) is 18.0 Å². The Hall–Kier alpha value is -1.91. The van der Waals surface area contributed by atoms with Crippen molar-refractivity contribution >= 4 is 17.5 Å². The highest BCUT2D eigenvalue weighted by Gasteiger charge is 2.26. The van der Waals surface area contributed by atoms with E-state index in [4.69, 9.17) is 0 Å². The van der Waals surface area contributed by atoms with E-state index in [1.807, 2.05) is 11.8 Å². The fraction of sp³-hybridized carbons (Fsp3) is 0.417.